The molecule has 0 spiro atoms. The smallest absolute Gasteiger partial charge is 0.257 e. The van der Waals surface area contributed by atoms with E-state index < -0.39 is 5.54 Å². The summed E-state index contributed by atoms with van der Waals surface area (Å²) in [6.07, 6.45) is 6.87. The van der Waals surface area contributed by atoms with Gasteiger partial charge in [0.2, 0.25) is 0 Å². The van der Waals surface area contributed by atoms with E-state index >= 15 is 0 Å². The van der Waals surface area contributed by atoms with Crippen molar-refractivity contribution in [3.63, 3.8) is 0 Å². The van der Waals surface area contributed by atoms with Crippen LogP contribution in [0, 0.1) is 13.8 Å². The summed E-state index contributed by atoms with van der Waals surface area (Å²) in [5.41, 5.74) is 2.83. The molecule has 2 aromatic rings. The quantitative estimate of drug-likeness (QED) is 0.818. The number of allylic oxidation sites excluding steroid dienone is 3. The van der Waals surface area contributed by atoms with Gasteiger partial charge in [-0.3, -0.25) is 4.79 Å². The summed E-state index contributed by atoms with van der Waals surface area (Å²) in [5.74, 6) is -0.246. The summed E-state index contributed by atoms with van der Waals surface area (Å²) in [6.45, 7) is 13.5. The van der Waals surface area contributed by atoms with Crippen LogP contribution in [0.1, 0.15) is 42.5 Å². The summed E-state index contributed by atoms with van der Waals surface area (Å²) < 4.78 is 1.66. The van der Waals surface area contributed by atoms with Gasteiger partial charge in [-0.05, 0) is 52.3 Å². The summed E-state index contributed by atoms with van der Waals surface area (Å²) in [4.78, 5) is 17.2. The maximum absolute atomic E-state index is 12.7. The van der Waals surface area contributed by atoms with Crippen molar-refractivity contribution in [3.05, 3.63) is 64.6 Å². The molecule has 1 N–H and O–H groups in total. The maximum Gasteiger partial charge on any atom is 0.257 e. The first-order valence-electron chi connectivity index (χ1n) is 7.99. The fourth-order valence-corrected chi connectivity index (χ4v) is 2.41. The van der Waals surface area contributed by atoms with Crippen LogP contribution in [0.3, 0.4) is 0 Å². The third-order valence-electron chi connectivity index (χ3n) is 3.97. The molecular weight excluding hydrogens is 336 g/mol. The van der Waals surface area contributed by atoms with Gasteiger partial charge in [0.05, 0.1) is 11.7 Å². The van der Waals surface area contributed by atoms with Crippen molar-refractivity contribution in [1.29, 1.82) is 0 Å². The Kier molecular flexibility index (Phi) is 5.48. The lowest BCUT2D eigenvalue weighted by Crippen LogP contribution is -2.44. The second-order valence-electron chi connectivity index (χ2n) is 6.44. The number of hydrogen-bond donors (Lipinski definition) is 1. The number of amides is 1. The number of aryl methyl sites for hydroxylation is 2. The molecule has 0 radical (unpaired) electrons. The molecule has 1 amide bonds. The van der Waals surface area contributed by atoms with Crippen molar-refractivity contribution in [3.8, 4) is 0 Å². The highest BCUT2D eigenvalue weighted by atomic mass is 35.5. The molecule has 0 unspecified atom stereocenters. The number of carbonyl (C=O) groups is 1. The minimum absolute atomic E-state index is 0.246. The van der Waals surface area contributed by atoms with Crippen LogP contribution in [0.4, 0.5) is 0 Å². The highest BCUT2D eigenvalue weighted by molar-refractivity contribution is 6.31. The summed E-state index contributed by atoms with van der Waals surface area (Å²) >= 11 is 5.97. The predicted molar refractivity (Wildman–Crippen MR) is 102 cm³/mol. The van der Waals surface area contributed by atoms with Gasteiger partial charge in [0.15, 0.2) is 5.65 Å². The molecule has 0 aliphatic heterocycles. The molecule has 0 fully saturated rings. The molecule has 2 heterocycles. The first-order valence-corrected chi connectivity index (χ1v) is 8.37. The summed E-state index contributed by atoms with van der Waals surface area (Å²) in [7, 11) is 0. The summed E-state index contributed by atoms with van der Waals surface area (Å²) in [5, 5.41) is 7.86. The lowest BCUT2D eigenvalue weighted by molar-refractivity contribution is 0.0926. The lowest BCUT2D eigenvalue weighted by atomic mass is 9.94. The molecular formula is C19H23ClN4O. The van der Waals surface area contributed by atoms with Crippen molar-refractivity contribution in [2.75, 3.05) is 0 Å². The molecule has 0 bridgehead atoms. The molecule has 5 nitrogen and oxygen atoms in total. The highest BCUT2D eigenvalue weighted by Gasteiger charge is 2.25. The molecule has 2 rings (SSSR count). The van der Waals surface area contributed by atoms with Gasteiger partial charge in [-0.15, -0.1) is 0 Å². The summed E-state index contributed by atoms with van der Waals surface area (Å²) in [6, 6.07) is 1.92. The second kappa shape index (κ2) is 7.23. The number of fused-ring (bicyclic) bond motifs is 1. The number of carbonyl (C=O) groups excluding carboxylic acids is 1. The first-order chi connectivity index (χ1) is 11.7. The Morgan fingerprint density at radius 2 is 2.04 bits per heavy atom. The van der Waals surface area contributed by atoms with Gasteiger partial charge in [-0.25, -0.2) is 9.50 Å². The molecule has 2 aromatic heterocycles. The number of nitrogens with zero attached hydrogens (tertiary/aromatic N) is 3. The third-order valence-corrected chi connectivity index (χ3v) is 4.32. The molecule has 0 saturated heterocycles. The molecule has 0 saturated carbocycles. The van der Waals surface area contributed by atoms with Gasteiger partial charge < -0.3 is 5.32 Å². The molecule has 6 heteroatoms. The Morgan fingerprint density at radius 3 is 2.68 bits per heavy atom. The topological polar surface area (TPSA) is 59.3 Å². The zero-order chi connectivity index (χ0) is 18.8. The van der Waals surface area contributed by atoms with Gasteiger partial charge in [0.1, 0.15) is 5.56 Å². The monoisotopic (exact) mass is 358 g/mol. The average Bonchev–Trinajstić information content (AvgIpc) is 2.95. The van der Waals surface area contributed by atoms with E-state index in [1.807, 2.05) is 40.7 Å². The maximum atomic E-state index is 12.7. The highest BCUT2D eigenvalue weighted by Crippen LogP contribution is 2.19. The van der Waals surface area contributed by atoms with E-state index in [0.29, 0.717) is 16.2 Å². The van der Waals surface area contributed by atoms with E-state index in [-0.39, 0.29) is 5.91 Å². The average molecular weight is 359 g/mol. The Balaban J connectivity index is 2.27. The van der Waals surface area contributed by atoms with Crippen LogP contribution in [0.15, 0.2) is 47.7 Å². The Morgan fingerprint density at radius 1 is 1.36 bits per heavy atom. The van der Waals surface area contributed by atoms with Crippen LogP contribution in [0.5, 0.6) is 0 Å². The van der Waals surface area contributed by atoms with E-state index in [1.54, 1.807) is 22.7 Å². The van der Waals surface area contributed by atoms with Crippen LogP contribution in [-0.4, -0.2) is 26.0 Å². The Bertz CT molecular complexity index is 890. The van der Waals surface area contributed by atoms with Gasteiger partial charge >= 0.3 is 0 Å². The predicted octanol–water partition coefficient (Wildman–Crippen LogP) is 4.11. The Hall–Kier alpha value is -2.40. The Labute approximate surface area is 153 Å². The van der Waals surface area contributed by atoms with Gasteiger partial charge in [-0.1, -0.05) is 30.3 Å². The largest absolute Gasteiger partial charge is 0.343 e. The van der Waals surface area contributed by atoms with Crippen LogP contribution in [0.2, 0.25) is 0 Å². The van der Waals surface area contributed by atoms with E-state index in [2.05, 4.69) is 22.0 Å². The minimum atomic E-state index is -0.647. The molecule has 132 valence electrons. The second-order valence-corrected chi connectivity index (χ2v) is 6.88. The number of rotatable bonds is 5. The third kappa shape index (κ3) is 4.17. The van der Waals surface area contributed by atoms with Gasteiger partial charge in [-0.2, -0.15) is 5.10 Å². The number of nitrogens with one attached hydrogen (secondary N) is 1. The van der Waals surface area contributed by atoms with Crippen molar-refractivity contribution >= 4 is 23.2 Å². The lowest BCUT2D eigenvalue weighted by Gasteiger charge is -2.27. The van der Waals surface area contributed by atoms with Crippen LogP contribution in [0.25, 0.3) is 5.65 Å². The number of hydrogen-bond acceptors (Lipinski definition) is 3. The van der Waals surface area contributed by atoms with Crippen LogP contribution < -0.4 is 5.32 Å². The van der Waals surface area contributed by atoms with Crippen molar-refractivity contribution in [1.82, 2.24) is 19.9 Å². The van der Waals surface area contributed by atoms with E-state index in [4.69, 9.17) is 11.6 Å². The number of aromatic nitrogens is 3. The SMILES string of the molecule is C=C(/C=C\C(Cl)=C/C)C(C)(C)NC(=O)c1cnn2c(C)cc(C)nc12. The molecule has 0 aliphatic carbocycles. The molecule has 0 aromatic carbocycles. The van der Waals surface area contributed by atoms with E-state index in [9.17, 15) is 4.79 Å². The van der Waals surface area contributed by atoms with Crippen molar-refractivity contribution in [2.24, 2.45) is 0 Å². The molecule has 0 aliphatic rings. The normalized spacial score (nSPS) is 12.8. The fraction of sp³-hybridized carbons (Fsp3) is 0.316. The minimum Gasteiger partial charge on any atom is -0.343 e. The van der Waals surface area contributed by atoms with E-state index in [1.165, 1.54) is 6.20 Å². The number of halogens is 1. The van der Waals surface area contributed by atoms with Crippen LogP contribution >= 0.6 is 11.6 Å². The molecule has 0 atom stereocenters. The van der Waals surface area contributed by atoms with Gasteiger partial charge in [0, 0.05) is 16.4 Å². The van der Waals surface area contributed by atoms with Crippen molar-refractivity contribution in [2.45, 2.75) is 40.2 Å². The van der Waals surface area contributed by atoms with Crippen molar-refractivity contribution < 1.29 is 4.79 Å². The zero-order valence-corrected chi connectivity index (χ0v) is 16.0. The zero-order valence-electron chi connectivity index (χ0n) is 15.2. The van der Waals surface area contributed by atoms with E-state index in [0.717, 1.165) is 17.0 Å². The standard InChI is InChI=1S/C19H23ClN4O/c1-7-15(20)9-8-12(2)19(5,6)23-18(25)16-11-21-24-14(4)10-13(3)22-17(16)24/h7-11H,2H2,1,3-6H3,(H,23,25)/b9-8-,15-7+. The van der Waals surface area contributed by atoms with Gasteiger partial charge in [0.25, 0.3) is 5.91 Å². The first kappa shape index (κ1) is 18.9. The fourth-order valence-electron chi connectivity index (χ4n) is 2.35. The van der Waals surface area contributed by atoms with Crippen LogP contribution in [-0.2, 0) is 0 Å². The molecule has 25 heavy (non-hydrogen) atoms.